The van der Waals surface area contributed by atoms with Crippen molar-refractivity contribution in [2.45, 2.75) is 37.1 Å². The minimum atomic E-state index is -3.83. The Morgan fingerprint density at radius 2 is 1.71 bits per heavy atom. The SMILES string of the molecule is CC1Cc2cc(S(N)(=O)=O)ccc2N1C(=O)COC(=O)c1ccccc1CCc1ccccc1. The lowest BCUT2D eigenvalue weighted by Crippen LogP contribution is -2.38. The summed E-state index contributed by atoms with van der Waals surface area (Å²) in [6.45, 7) is 1.45. The average molecular weight is 479 g/mol. The molecule has 2 N–H and O–H groups in total. The summed E-state index contributed by atoms with van der Waals surface area (Å²) in [5.74, 6) is -0.918. The van der Waals surface area contributed by atoms with Gasteiger partial charge in [-0.25, -0.2) is 18.4 Å². The molecule has 0 saturated heterocycles. The molecule has 1 heterocycles. The van der Waals surface area contributed by atoms with Gasteiger partial charge in [-0.2, -0.15) is 0 Å². The van der Waals surface area contributed by atoms with E-state index in [2.05, 4.69) is 0 Å². The Morgan fingerprint density at radius 3 is 2.44 bits per heavy atom. The van der Waals surface area contributed by atoms with E-state index in [1.165, 1.54) is 22.6 Å². The zero-order valence-corrected chi connectivity index (χ0v) is 19.6. The lowest BCUT2D eigenvalue weighted by molar-refractivity contribution is -0.122. The van der Waals surface area contributed by atoms with Crippen LogP contribution in [0, 0.1) is 0 Å². The number of sulfonamides is 1. The molecule has 176 valence electrons. The molecule has 0 saturated carbocycles. The van der Waals surface area contributed by atoms with Crippen molar-refractivity contribution in [1.29, 1.82) is 0 Å². The number of ether oxygens (including phenoxy) is 1. The van der Waals surface area contributed by atoms with Crippen molar-refractivity contribution < 1.29 is 22.7 Å². The predicted octanol–water partition coefficient (Wildman–Crippen LogP) is 3.25. The lowest BCUT2D eigenvalue weighted by Gasteiger charge is -2.22. The molecule has 4 rings (SSSR count). The summed E-state index contributed by atoms with van der Waals surface area (Å²) in [6.07, 6.45) is 1.94. The van der Waals surface area contributed by atoms with Crippen molar-refractivity contribution in [3.8, 4) is 0 Å². The van der Waals surface area contributed by atoms with Crippen LogP contribution < -0.4 is 10.0 Å². The molecule has 0 aromatic heterocycles. The van der Waals surface area contributed by atoms with Gasteiger partial charge in [-0.3, -0.25) is 4.79 Å². The van der Waals surface area contributed by atoms with Crippen LogP contribution in [0.25, 0.3) is 0 Å². The first kappa shape index (κ1) is 23.7. The number of rotatable bonds is 7. The Balaban J connectivity index is 1.43. The Bertz CT molecular complexity index is 1320. The first-order valence-corrected chi connectivity index (χ1v) is 12.6. The number of nitrogens with two attached hydrogens (primary N) is 1. The number of fused-ring (bicyclic) bond motifs is 1. The van der Waals surface area contributed by atoms with Gasteiger partial charge in [-0.1, -0.05) is 48.5 Å². The maximum Gasteiger partial charge on any atom is 0.338 e. The molecule has 1 aliphatic heterocycles. The van der Waals surface area contributed by atoms with Crippen LogP contribution in [0.5, 0.6) is 0 Å². The normalized spacial score (nSPS) is 15.1. The van der Waals surface area contributed by atoms with E-state index in [9.17, 15) is 18.0 Å². The second-order valence-electron chi connectivity index (χ2n) is 8.37. The Hall–Kier alpha value is -3.49. The maximum absolute atomic E-state index is 12.9. The second-order valence-corrected chi connectivity index (χ2v) is 9.93. The fourth-order valence-electron chi connectivity index (χ4n) is 4.30. The Labute approximate surface area is 199 Å². The Kier molecular flexibility index (Phi) is 6.81. The molecule has 1 atom stereocenters. The molecule has 0 fully saturated rings. The highest BCUT2D eigenvalue weighted by atomic mass is 32.2. The van der Waals surface area contributed by atoms with E-state index < -0.39 is 22.6 Å². The minimum Gasteiger partial charge on any atom is -0.452 e. The summed E-state index contributed by atoms with van der Waals surface area (Å²) in [5.41, 5.74) is 3.79. The molecule has 0 radical (unpaired) electrons. The van der Waals surface area contributed by atoms with E-state index in [0.29, 0.717) is 29.7 Å². The van der Waals surface area contributed by atoms with Crippen molar-refractivity contribution in [3.63, 3.8) is 0 Å². The number of amides is 1. The number of benzene rings is 3. The van der Waals surface area contributed by atoms with Gasteiger partial charge >= 0.3 is 5.97 Å². The van der Waals surface area contributed by atoms with Gasteiger partial charge in [0, 0.05) is 11.7 Å². The minimum absolute atomic E-state index is 0.00582. The highest BCUT2D eigenvalue weighted by Crippen LogP contribution is 2.33. The van der Waals surface area contributed by atoms with E-state index in [4.69, 9.17) is 9.88 Å². The molecule has 3 aromatic carbocycles. The van der Waals surface area contributed by atoms with E-state index >= 15 is 0 Å². The van der Waals surface area contributed by atoms with E-state index in [0.717, 1.165) is 12.0 Å². The van der Waals surface area contributed by atoms with Gasteiger partial charge in [0.05, 0.1) is 10.5 Å². The van der Waals surface area contributed by atoms with Crippen LogP contribution in [0.3, 0.4) is 0 Å². The lowest BCUT2D eigenvalue weighted by atomic mass is 10.00. The van der Waals surface area contributed by atoms with Gasteiger partial charge in [0.2, 0.25) is 10.0 Å². The highest BCUT2D eigenvalue weighted by molar-refractivity contribution is 7.89. The number of carbonyl (C=O) groups excluding carboxylic acids is 2. The van der Waals surface area contributed by atoms with Gasteiger partial charge in [0.1, 0.15) is 0 Å². The maximum atomic E-state index is 12.9. The molecule has 0 bridgehead atoms. The fraction of sp³-hybridized carbons (Fsp3) is 0.231. The number of hydrogen-bond donors (Lipinski definition) is 1. The van der Waals surface area contributed by atoms with Crippen LogP contribution in [0.1, 0.15) is 34.0 Å². The standard InChI is InChI=1S/C26H26N2O5S/c1-18-15-21-16-22(34(27,31)32)13-14-24(21)28(18)25(29)17-33-26(30)23-10-6-5-9-20(23)12-11-19-7-3-2-4-8-19/h2-10,13-14,16,18H,11-12,15,17H2,1H3,(H2,27,31,32). The number of anilines is 1. The van der Waals surface area contributed by atoms with Crippen LogP contribution in [0.15, 0.2) is 77.7 Å². The van der Waals surface area contributed by atoms with Crippen LogP contribution in [0.4, 0.5) is 5.69 Å². The molecule has 34 heavy (non-hydrogen) atoms. The van der Waals surface area contributed by atoms with Gasteiger partial charge in [-0.05, 0) is 67.1 Å². The van der Waals surface area contributed by atoms with Gasteiger partial charge < -0.3 is 9.64 Å². The molecule has 8 heteroatoms. The van der Waals surface area contributed by atoms with Crippen LogP contribution in [0.2, 0.25) is 0 Å². The first-order chi connectivity index (χ1) is 16.2. The number of hydrogen-bond acceptors (Lipinski definition) is 5. The zero-order valence-electron chi connectivity index (χ0n) is 18.8. The van der Waals surface area contributed by atoms with Crippen molar-refractivity contribution >= 4 is 27.6 Å². The average Bonchev–Trinajstić information content (AvgIpc) is 3.16. The van der Waals surface area contributed by atoms with Gasteiger partial charge in [0.25, 0.3) is 5.91 Å². The molecule has 1 unspecified atom stereocenters. The van der Waals surface area contributed by atoms with Crippen LogP contribution in [-0.4, -0.2) is 32.9 Å². The topological polar surface area (TPSA) is 107 Å². The number of esters is 1. The third-order valence-corrected chi connectivity index (χ3v) is 6.86. The Morgan fingerprint density at radius 1 is 1.00 bits per heavy atom. The molecule has 3 aromatic rings. The number of aryl methyl sites for hydroxylation is 2. The zero-order chi connectivity index (χ0) is 24.3. The fourth-order valence-corrected chi connectivity index (χ4v) is 4.86. The summed E-state index contributed by atoms with van der Waals surface area (Å²) in [7, 11) is -3.83. The largest absolute Gasteiger partial charge is 0.452 e. The number of primary sulfonamides is 1. The quantitative estimate of drug-likeness (QED) is 0.525. The van der Waals surface area contributed by atoms with E-state index in [1.54, 1.807) is 18.2 Å². The monoisotopic (exact) mass is 478 g/mol. The molecule has 1 amide bonds. The third-order valence-electron chi connectivity index (χ3n) is 5.95. The van der Waals surface area contributed by atoms with Crippen molar-refractivity contribution in [3.05, 3.63) is 95.1 Å². The molecule has 0 spiro atoms. The molecular formula is C26H26N2O5S. The molecular weight excluding hydrogens is 452 g/mol. The third kappa shape index (κ3) is 5.18. The summed E-state index contributed by atoms with van der Waals surface area (Å²) < 4.78 is 28.7. The number of carbonyl (C=O) groups is 2. The van der Waals surface area contributed by atoms with Crippen molar-refractivity contribution in [2.75, 3.05) is 11.5 Å². The summed E-state index contributed by atoms with van der Waals surface area (Å²) in [5, 5.41) is 5.22. The van der Waals surface area contributed by atoms with Crippen molar-refractivity contribution in [2.24, 2.45) is 5.14 Å². The van der Waals surface area contributed by atoms with Gasteiger partial charge in [-0.15, -0.1) is 0 Å². The first-order valence-electron chi connectivity index (χ1n) is 11.0. The number of nitrogens with zero attached hydrogens (tertiary/aromatic N) is 1. The van der Waals surface area contributed by atoms with Crippen LogP contribution >= 0.6 is 0 Å². The molecule has 0 aliphatic carbocycles. The summed E-state index contributed by atoms with van der Waals surface area (Å²) in [6, 6.07) is 21.5. The molecule has 7 nitrogen and oxygen atoms in total. The van der Waals surface area contributed by atoms with Crippen LogP contribution in [-0.2, 0) is 38.8 Å². The second kappa shape index (κ2) is 9.79. The molecule has 1 aliphatic rings. The van der Waals surface area contributed by atoms with E-state index in [1.807, 2.05) is 49.4 Å². The van der Waals surface area contributed by atoms with Crippen molar-refractivity contribution in [1.82, 2.24) is 0 Å². The summed E-state index contributed by atoms with van der Waals surface area (Å²) >= 11 is 0. The van der Waals surface area contributed by atoms with Gasteiger partial charge in [0.15, 0.2) is 6.61 Å². The van der Waals surface area contributed by atoms with E-state index in [-0.39, 0.29) is 16.8 Å². The smallest absolute Gasteiger partial charge is 0.338 e. The predicted molar refractivity (Wildman–Crippen MR) is 129 cm³/mol. The summed E-state index contributed by atoms with van der Waals surface area (Å²) in [4.78, 5) is 27.3. The highest BCUT2D eigenvalue weighted by Gasteiger charge is 2.32.